The highest BCUT2D eigenvalue weighted by Crippen LogP contribution is 2.10. The van der Waals surface area contributed by atoms with Gasteiger partial charge in [-0.25, -0.2) is 0 Å². The molecule has 1 aromatic carbocycles. The van der Waals surface area contributed by atoms with E-state index in [9.17, 15) is 19.2 Å². The summed E-state index contributed by atoms with van der Waals surface area (Å²) in [6, 6.07) is 7.20. The summed E-state index contributed by atoms with van der Waals surface area (Å²) in [4.78, 5) is 49.0. The van der Waals surface area contributed by atoms with Crippen LogP contribution in [0.25, 0.3) is 0 Å². The zero-order valence-corrected chi connectivity index (χ0v) is 16.4. The SMILES string of the molecule is COC(=O)C(C)CN(CCNC(C)=O)C(=O)CCC(=O)c1ccc(C)cc1. The highest BCUT2D eigenvalue weighted by atomic mass is 16.5. The molecule has 0 aliphatic rings. The number of hydrogen-bond donors (Lipinski definition) is 1. The maximum atomic E-state index is 12.6. The number of carbonyl (C=O) groups is 4. The van der Waals surface area contributed by atoms with Crippen molar-refractivity contribution in [1.29, 1.82) is 0 Å². The lowest BCUT2D eigenvalue weighted by Gasteiger charge is -2.25. The normalized spacial score (nSPS) is 11.4. The fourth-order valence-corrected chi connectivity index (χ4v) is 2.55. The Hall–Kier alpha value is -2.70. The molecule has 0 spiro atoms. The largest absolute Gasteiger partial charge is 0.469 e. The van der Waals surface area contributed by atoms with Crippen LogP contribution in [0.1, 0.15) is 42.6 Å². The zero-order valence-electron chi connectivity index (χ0n) is 16.4. The van der Waals surface area contributed by atoms with E-state index in [-0.39, 0.29) is 50.1 Å². The number of Topliss-reactive ketones (excluding diaryl/α,β-unsaturated/α-hetero) is 1. The summed E-state index contributed by atoms with van der Waals surface area (Å²) in [5.74, 6) is -1.45. The maximum absolute atomic E-state index is 12.6. The quantitative estimate of drug-likeness (QED) is 0.496. The molecule has 0 saturated heterocycles. The van der Waals surface area contributed by atoms with Gasteiger partial charge in [0.1, 0.15) is 0 Å². The minimum atomic E-state index is -0.496. The van der Waals surface area contributed by atoms with Crippen molar-refractivity contribution in [3.63, 3.8) is 0 Å². The summed E-state index contributed by atoms with van der Waals surface area (Å²) in [6.07, 6.45) is 0.131. The van der Waals surface area contributed by atoms with Crippen LogP contribution in [0.2, 0.25) is 0 Å². The number of esters is 1. The van der Waals surface area contributed by atoms with Crippen LogP contribution in [0, 0.1) is 12.8 Å². The Morgan fingerprint density at radius 1 is 1.11 bits per heavy atom. The topological polar surface area (TPSA) is 92.8 Å². The van der Waals surface area contributed by atoms with E-state index >= 15 is 0 Å². The smallest absolute Gasteiger partial charge is 0.310 e. The number of amides is 2. The van der Waals surface area contributed by atoms with E-state index in [2.05, 4.69) is 5.32 Å². The Labute approximate surface area is 160 Å². The van der Waals surface area contributed by atoms with E-state index in [0.29, 0.717) is 5.56 Å². The van der Waals surface area contributed by atoms with Gasteiger partial charge in [-0.2, -0.15) is 0 Å². The molecule has 2 amide bonds. The molecule has 0 aliphatic heterocycles. The summed E-state index contributed by atoms with van der Waals surface area (Å²) in [6.45, 7) is 5.71. The van der Waals surface area contributed by atoms with Gasteiger partial charge in [0.25, 0.3) is 0 Å². The number of benzene rings is 1. The van der Waals surface area contributed by atoms with Crippen LogP contribution in [-0.2, 0) is 19.1 Å². The van der Waals surface area contributed by atoms with Crippen LogP contribution < -0.4 is 5.32 Å². The minimum absolute atomic E-state index is 0.0423. The Kier molecular flexibility index (Phi) is 9.19. The van der Waals surface area contributed by atoms with Gasteiger partial charge in [-0.05, 0) is 6.92 Å². The molecule has 1 atom stereocenters. The molecule has 1 aromatic rings. The fourth-order valence-electron chi connectivity index (χ4n) is 2.55. The third-order valence-electron chi connectivity index (χ3n) is 4.15. The molecule has 0 radical (unpaired) electrons. The van der Waals surface area contributed by atoms with E-state index in [1.165, 1.54) is 18.9 Å². The van der Waals surface area contributed by atoms with Crippen molar-refractivity contribution in [3.05, 3.63) is 35.4 Å². The zero-order chi connectivity index (χ0) is 20.4. The van der Waals surface area contributed by atoms with Crippen molar-refractivity contribution in [2.75, 3.05) is 26.7 Å². The van der Waals surface area contributed by atoms with Gasteiger partial charge in [-0.1, -0.05) is 36.8 Å². The first-order valence-corrected chi connectivity index (χ1v) is 8.94. The van der Waals surface area contributed by atoms with Crippen LogP contribution in [-0.4, -0.2) is 55.2 Å². The minimum Gasteiger partial charge on any atom is -0.469 e. The molecule has 0 bridgehead atoms. The number of hydrogen-bond acceptors (Lipinski definition) is 5. The summed E-state index contributed by atoms with van der Waals surface area (Å²) >= 11 is 0. The van der Waals surface area contributed by atoms with E-state index in [1.807, 2.05) is 19.1 Å². The Bertz CT molecular complexity index is 669. The monoisotopic (exact) mass is 376 g/mol. The van der Waals surface area contributed by atoms with Crippen molar-refractivity contribution in [2.24, 2.45) is 5.92 Å². The van der Waals surface area contributed by atoms with Crippen molar-refractivity contribution in [1.82, 2.24) is 10.2 Å². The number of aryl methyl sites for hydroxylation is 1. The summed E-state index contributed by atoms with van der Waals surface area (Å²) in [5.41, 5.74) is 1.63. The second kappa shape index (κ2) is 11.1. The first-order chi connectivity index (χ1) is 12.7. The van der Waals surface area contributed by atoms with Crippen molar-refractivity contribution >= 4 is 23.6 Å². The predicted molar refractivity (Wildman–Crippen MR) is 101 cm³/mol. The Morgan fingerprint density at radius 2 is 1.74 bits per heavy atom. The molecule has 1 rings (SSSR count). The first kappa shape index (κ1) is 22.3. The lowest BCUT2D eigenvalue weighted by Crippen LogP contribution is -2.42. The van der Waals surface area contributed by atoms with Crippen LogP contribution >= 0.6 is 0 Å². The molecule has 27 heavy (non-hydrogen) atoms. The van der Waals surface area contributed by atoms with Gasteiger partial charge in [0.05, 0.1) is 13.0 Å². The van der Waals surface area contributed by atoms with Gasteiger partial charge in [0.15, 0.2) is 5.78 Å². The van der Waals surface area contributed by atoms with Crippen LogP contribution in [0.3, 0.4) is 0 Å². The second-order valence-electron chi connectivity index (χ2n) is 6.54. The standard InChI is InChI=1S/C20H28N2O5/c1-14-5-7-17(8-6-14)18(24)9-10-19(25)22(12-11-21-16(3)23)13-15(2)20(26)27-4/h5-8,15H,9-13H2,1-4H3,(H,21,23). The molecule has 0 saturated carbocycles. The molecule has 1 N–H and O–H groups in total. The third-order valence-corrected chi connectivity index (χ3v) is 4.15. The van der Waals surface area contributed by atoms with Crippen LogP contribution in [0.4, 0.5) is 0 Å². The average Bonchev–Trinajstić information content (AvgIpc) is 2.64. The second-order valence-corrected chi connectivity index (χ2v) is 6.54. The average molecular weight is 376 g/mol. The van der Waals surface area contributed by atoms with E-state index < -0.39 is 11.9 Å². The molecule has 7 heteroatoms. The Balaban J connectivity index is 2.67. The van der Waals surface area contributed by atoms with Crippen molar-refractivity contribution in [3.8, 4) is 0 Å². The Morgan fingerprint density at radius 3 is 2.30 bits per heavy atom. The number of carbonyl (C=O) groups excluding carboxylic acids is 4. The van der Waals surface area contributed by atoms with E-state index in [4.69, 9.17) is 4.74 Å². The molecule has 1 unspecified atom stereocenters. The molecular formula is C20H28N2O5. The number of rotatable bonds is 10. The summed E-state index contributed by atoms with van der Waals surface area (Å²) < 4.78 is 4.70. The van der Waals surface area contributed by atoms with Crippen molar-refractivity contribution in [2.45, 2.75) is 33.6 Å². The predicted octanol–water partition coefficient (Wildman–Crippen LogP) is 1.73. The fraction of sp³-hybridized carbons (Fsp3) is 0.500. The maximum Gasteiger partial charge on any atom is 0.310 e. The van der Waals surface area contributed by atoms with Gasteiger partial charge >= 0.3 is 5.97 Å². The number of ether oxygens (including phenoxy) is 1. The van der Waals surface area contributed by atoms with Gasteiger partial charge in [0, 0.05) is 45.0 Å². The molecule has 7 nitrogen and oxygen atoms in total. The number of nitrogens with zero attached hydrogens (tertiary/aromatic N) is 1. The van der Waals surface area contributed by atoms with Crippen LogP contribution in [0.5, 0.6) is 0 Å². The van der Waals surface area contributed by atoms with Crippen LogP contribution in [0.15, 0.2) is 24.3 Å². The first-order valence-electron chi connectivity index (χ1n) is 8.94. The highest BCUT2D eigenvalue weighted by Gasteiger charge is 2.22. The van der Waals surface area contributed by atoms with E-state index in [1.54, 1.807) is 19.1 Å². The molecular weight excluding hydrogens is 348 g/mol. The molecule has 0 fully saturated rings. The van der Waals surface area contributed by atoms with Gasteiger partial charge in [-0.15, -0.1) is 0 Å². The lowest BCUT2D eigenvalue weighted by atomic mass is 10.0. The molecule has 0 aliphatic carbocycles. The number of methoxy groups -OCH3 is 1. The van der Waals surface area contributed by atoms with Gasteiger partial charge < -0.3 is 15.0 Å². The molecule has 0 aromatic heterocycles. The lowest BCUT2D eigenvalue weighted by molar-refractivity contribution is -0.146. The number of nitrogens with one attached hydrogen (secondary N) is 1. The van der Waals surface area contributed by atoms with Gasteiger partial charge in [-0.3, -0.25) is 19.2 Å². The summed E-state index contributed by atoms with van der Waals surface area (Å²) in [7, 11) is 1.29. The van der Waals surface area contributed by atoms with E-state index in [0.717, 1.165) is 5.56 Å². The van der Waals surface area contributed by atoms with Gasteiger partial charge in [0.2, 0.25) is 11.8 Å². The molecule has 0 heterocycles. The number of ketones is 1. The summed E-state index contributed by atoms with van der Waals surface area (Å²) in [5, 5.41) is 2.63. The highest BCUT2D eigenvalue weighted by molar-refractivity contribution is 5.98. The third kappa shape index (κ3) is 8.02. The van der Waals surface area contributed by atoms with Crippen molar-refractivity contribution < 1.29 is 23.9 Å². The molecule has 148 valence electrons.